The fourth-order valence-corrected chi connectivity index (χ4v) is 0.915. The van der Waals surface area contributed by atoms with Gasteiger partial charge in [-0.1, -0.05) is 0 Å². The molecule has 0 saturated carbocycles. The predicted molar refractivity (Wildman–Crippen MR) is 49.7 cm³/mol. The zero-order chi connectivity index (χ0) is 10.4. The third-order valence-electron chi connectivity index (χ3n) is 1.54. The van der Waals surface area contributed by atoms with Gasteiger partial charge in [0.1, 0.15) is 11.8 Å². The number of carboxylic acids is 1. The van der Waals surface area contributed by atoms with Gasteiger partial charge in [-0.3, -0.25) is 4.79 Å². The van der Waals surface area contributed by atoms with Crippen LogP contribution in [-0.4, -0.2) is 22.6 Å². The molecule has 0 unspecified atom stereocenters. The van der Waals surface area contributed by atoms with E-state index in [9.17, 15) is 4.79 Å². The van der Waals surface area contributed by atoms with Gasteiger partial charge in [-0.05, 0) is 12.1 Å². The van der Waals surface area contributed by atoms with Crippen molar-refractivity contribution in [2.45, 2.75) is 6.42 Å². The van der Waals surface area contributed by atoms with Crippen LogP contribution in [-0.2, 0) is 4.79 Å². The van der Waals surface area contributed by atoms with E-state index in [1.165, 1.54) is 6.20 Å². The molecule has 5 nitrogen and oxygen atoms in total. The summed E-state index contributed by atoms with van der Waals surface area (Å²) in [4.78, 5) is 14.0. The van der Waals surface area contributed by atoms with Gasteiger partial charge in [-0.2, -0.15) is 5.26 Å². The quantitative estimate of drug-likeness (QED) is 0.736. The number of hydrogen-bond acceptors (Lipinski definition) is 4. The average molecular weight is 191 g/mol. The molecule has 1 aromatic rings. The summed E-state index contributed by atoms with van der Waals surface area (Å²) in [6.07, 6.45) is 1.55. The summed E-state index contributed by atoms with van der Waals surface area (Å²) >= 11 is 0. The molecule has 1 aromatic heterocycles. The van der Waals surface area contributed by atoms with Gasteiger partial charge in [-0.25, -0.2) is 4.98 Å². The lowest BCUT2D eigenvalue weighted by molar-refractivity contribution is -0.136. The number of carboxylic acid groups (broad SMARTS) is 1. The normalized spacial score (nSPS) is 9.07. The smallest absolute Gasteiger partial charge is 0.305 e. The first-order valence-corrected chi connectivity index (χ1v) is 4.04. The number of nitrogens with one attached hydrogen (secondary N) is 1. The number of aromatic nitrogens is 1. The number of carbonyl (C=O) groups is 1. The summed E-state index contributed by atoms with van der Waals surface area (Å²) in [5.74, 6) is -0.855. The average Bonchev–Trinajstić information content (AvgIpc) is 2.18. The zero-order valence-corrected chi connectivity index (χ0v) is 7.40. The van der Waals surface area contributed by atoms with Crippen molar-refractivity contribution in [1.29, 1.82) is 5.26 Å². The highest BCUT2D eigenvalue weighted by molar-refractivity contribution is 5.67. The van der Waals surface area contributed by atoms with Crippen LogP contribution in [0.25, 0.3) is 0 Å². The minimum atomic E-state index is -0.855. The Kier molecular flexibility index (Phi) is 3.44. The van der Waals surface area contributed by atoms with E-state index in [1.54, 1.807) is 12.1 Å². The lowest BCUT2D eigenvalue weighted by atomic mass is 10.3. The minimum Gasteiger partial charge on any atom is -0.481 e. The van der Waals surface area contributed by atoms with Crippen molar-refractivity contribution in [1.82, 2.24) is 4.98 Å². The molecule has 0 aliphatic heterocycles. The Labute approximate surface area is 81.0 Å². The van der Waals surface area contributed by atoms with Crippen molar-refractivity contribution < 1.29 is 9.90 Å². The number of hydrogen-bond donors (Lipinski definition) is 2. The van der Waals surface area contributed by atoms with Gasteiger partial charge in [0, 0.05) is 18.4 Å². The molecular weight excluding hydrogens is 182 g/mol. The van der Waals surface area contributed by atoms with Crippen LogP contribution in [0.5, 0.6) is 0 Å². The maximum absolute atomic E-state index is 10.2. The first-order chi connectivity index (χ1) is 6.72. The van der Waals surface area contributed by atoms with E-state index < -0.39 is 5.97 Å². The first kappa shape index (κ1) is 9.99. The molecule has 14 heavy (non-hydrogen) atoms. The standard InChI is InChI=1S/C9H9N3O2/c10-6-8-5-7(1-3-12-8)11-4-2-9(13)14/h1,3,5H,2,4H2,(H,11,12)(H,13,14). The Morgan fingerprint density at radius 3 is 3.14 bits per heavy atom. The van der Waals surface area contributed by atoms with E-state index in [1.807, 2.05) is 6.07 Å². The van der Waals surface area contributed by atoms with Crippen molar-refractivity contribution >= 4 is 11.7 Å². The van der Waals surface area contributed by atoms with Crippen LogP contribution in [0.4, 0.5) is 5.69 Å². The Bertz CT molecular complexity index is 371. The molecule has 0 atom stereocenters. The van der Waals surface area contributed by atoms with Crippen molar-refractivity contribution in [2.24, 2.45) is 0 Å². The van der Waals surface area contributed by atoms with Gasteiger partial charge in [0.15, 0.2) is 0 Å². The topological polar surface area (TPSA) is 86.0 Å². The highest BCUT2D eigenvalue weighted by atomic mass is 16.4. The van der Waals surface area contributed by atoms with Crippen molar-refractivity contribution in [2.75, 3.05) is 11.9 Å². The van der Waals surface area contributed by atoms with E-state index in [2.05, 4.69) is 10.3 Å². The van der Waals surface area contributed by atoms with Crippen molar-refractivity contribution in [3.63, 3.8) is 0 Å². The molecule has 5 heteroatoms. The molecule has 0 aliphatic carbocycles. The molecule has 0 aromatic carbocycles. The predicted octanol–water partition coefficient (Wildman–Crippen LogP) is 0.840. The summed E-state index contributed by atoms with van der Waals surface area (Å²) < 4.78 is 0. The maximum Gasteiger partial charge on any atom is 0.305 e. The Balaban J connectivity index is 2.51. The lowest BCUT2D eigenvalue weighted by Gasteiger charge is -2.03. The highest BCUT2D eigenvalue weighted by Crippen LogP contribution is 2.06. The third kappa shape index (κ3) is 3.11. The molecule has 2 N–H and O–H groups in total. The van der Waals surface area contributed by atoms with Crippen LogP contribution in [0, 0.1) is 11.3 Å². The van der Waals surface area contributed by atoms with Crippen LogP contribution in [0.1, 0.15) is 12.1 Å². The fourth-order valence-electron chi connectivity index (χ4n) is 0.915. The van der Waals surface area contributed by atoms with Gasteiger partial charge in [0.05, 0.1) is 6.42 Å². The number of rotatable bonds is 4. The molecule has 0 fully saturated rings. The summed E-state index contributed by atoms with van der Waals surface area (Å²) in [6, 6.07) is 5.15. The van der Waals surface area contributed by atoms with Gasteiger partial charge in [0.25, 0.3) is 0 Å². The van der Waals surface area contributed by atoms with E-state index in [0.717, 1.165) is 0 Å². The van der Waals surface area contributed by atoms with Crippen LogP contribution in [0.2, 0.25) is 0 Å². The number of anilines is 1. The summed E-state index contributed by atoms with van der Waals surface area (Å²) in [5, 5.41) is 19.8. The fraction of sp³-hybridized carbons (Fsp3) is 0.222. The van der Waals surface area contributed by atoms with Crippen LogP contribution >= 0.6 is 0 Å². The van der Waals surface area contributed by atoms with Crippen molar-refractivity contribution in [3.05, 3.63) is 24.0 Å². The molecular formula is C9H9N3O2. The second kappa shape index (κ2) is 4.82. The molecule has 0 amide bonds. The van der Waals surface area contributed by atoms with Crippen LogP contribution in [0.3, 0.4) is 0 Å². The van der Waals surface area contributed by atoms with Crippen LogP contribution in [0.15, 0.2) is 18.3 Å². The first-order valence-electron chi connectivity index (χ1n) is 4.04. The molecule has 0 radical (unpaired) electrons. The van der Waals surface area contributed by atoms with E-state index in [0.29, 0.717) is 17.9 Å². The number of pyridine rings is 1. The third-order valence-corrected chi connectivity index (χ3v) is 1.54. The van der Waals surface area contributed by atoms with Gasteiger partial charge in [0.2, 0.25) is 0 Å². The molecule has 1 rings (SSSR count). The monoisotopic (exact) mass is 191 g/mol. The molecule has 1 heterocycles. The van der Waals surface area contributed by atoms with Crippen molar-refractivity contribution in [3.8, 4) is 6.07 Å². The summed E-state index contributed by atoms with van der Waals surface area (Å²) in [5.41, 5.74) is 1.02. The second-order valence-corrected chi connectivity index (χ2v) is 2.61. The Morgan fingerprint density at radius 2 is 2.50 bits per heavy atom. The number of aliphatic carboxylic acids is 1. The molecule has 0 saturated heterocycles. The van der Waals surface area contributed by atoms with Gasteiger partial charge in [-0.15, -0.1) is 0 Å². The second-order valence-electron chi connectivity index (χ2n) is 2.61. The summed E-state index contributed by atoms with van der Waals surface area (Å²) in [7, 11) is 0. The summed E-state index contributed by atoms with van der Waals surface area (Å²) in [6.45, 7) is 0.338. The largest absolute Gasteiger partial charge is 0.481 e. The maximum atomic E-state index is 10.2. The van der Waals surface area contributed by atoms with Gasteiger partial charge < -0.3 is 10.4 Å². The molecule has 72 valence electrons. The van der Waals surface area contributed by atoms with Gasteiger partial charge >= 0.3 is 5.97 Å². The highest BCUT2D eigenvalue weighted by Gasteiger charge is 1.98. The SMILES string of the molecule is N#Cc1cc(NCCC(=O)O)ccn1. The van der Waals surface area contributed by atoms with E-state index >= 15 is 0 Å². The minimum absolute atomic E-state index is 0.0458. The number of nitriles is 1. The molecule has 0 bridgehead atoms. The van der Waals surface area contributed by atoms with E-state index in [4.69, 9.17) is 10.4 Å². The Hall–Kier alpha value is -2.09. The number of nitrogens with zero attached hydrogens (tertiary/aromatic N) is 2. The van der Waals surface area contributed by atoms with E-state index in [-0.39, 0.29) is 6.42 Å². The molecule has 0 aliphatic rings. The zero-order valence-electron chi connectivity index (χ0n) is 7.40. The van der Waals surface area contributed by atoms with Crippen LogP contribution < -0.4 is 5.32 Å². The Morgan fingerprint density at radius 1 is 1.71 bits per heavy atom. The molecule has 0 spiro atoms. The lowest BCUT2D eigenvalue weighted by Crippen LogP contribution is -2.07.